The number of carbonyl (C=O) groups is 3. The first kappa shape index (κ1) is 42.9. The highest BCUT2D eigenvalue weighted by Crippen LogP contribution is 2.34. The number of Topliss-reactive ketones (excluding diaryl/α,β-unsaturated/α-hetero) is 1. The van der Waals surface area contributed by atoms with Crippen molar-refractivity contribution in [3.63, 3.8) is 0 Å². The summed E-state index contributed by atoms with van der Waals surface area (Å²) in [4.78, 5) is 40.0. The van der Waals surface area contributed by atoms with Gasteiger partial charge in [-0.3, -0.25) is 4.79 Å². The summed E-state index contributed by atoms with van der Waals surface area (Å²) in [5, 5.41) is 10.7. The zero-order chi connectivity index (χ0) is 39.5. The van der Waals surface area contributed by atoms with Crippen LogP contribution in [0.25, 0.3) is 0 Å². The smallest absolute Gasteiger partial charge is 0.416 e. The van der Waals surface area contributed by atoms with E-state index in [2.05, 4.69) is 6.58 Å². The fourth-order valence-electron chi connectivity index (χ4n) is 6.06. The van der Waals surface area contributed by atoms with Gasteiger partial charge in [-0.1, -0.05) is 95.3 Å². The Balaban J connectivity index is 1.93. The Labute approximate surface area is 310 Å². The first-order valence-corrected chi connectivity index (χ1v) is 17.8. The van der Waals surface area contributed by atoms with Crippen molar-refractivity contribution < 1.29 is 46.9 Å². The van der Waals surface area contributed by atoms with Gasteiger partial charge in [0.25, 0.3) is 0 Å². The Kier molecular flexibility index (Phi) is 15.8. The summed E-state index contributed by atoms with van der Waals surface area (Å²) in [5.74, 6) is -3.44. The largest absolute Gasteiger partial charge is 0.458 e. The van der Waals surface area contributed by atoms with Gasteiger partial charge in [0, 0.05) is 18.3 Å². The highest BCUT2D eigenvalue weighted by Gasteiger charge is 2.36. The first-order chi connectivity index (χ1) is 24.9. The second-order valence-corrected chi connectivity index (χ2v) is 13.9. The summed E-state index contributed by atoms with van der Waals surface area (Å²) >= 11 is 0. The molecule has 0 radical (unpaired) electrons. The molecule has 7 atom stereocenters. The fraction of sp³-hybridized carbons (Fsp3) is 0.419. The molecular formula is C43H51F3O7. The maximum atomic E-state index is 13.7. The van der Waals surface area contributed by atoms with Crippen LogP contribution >= 0.6 is 0 Å². The number of rotatable bonds is 18. The van der Waals surface area contributed by atoms with E-state index in [1.807, 2.05) is 13.8 Å². The zero-order valence-electron chi connectivity index (χ0n) is 31.4. The molecule has 10 heteroatoms. The summed E-state index contributed by atoms with van der Waals surface area (Å²) in [6.45, 7) is 16.5. The average Bonchev–Trinajstić information content (AvgIpc) is 3.15. The van der Waals surface area contributed by atoms with E-state index in [0.717, 1.165) is 12.1 Å². The molecule has 0 unspecified atom stereocenters. The molecule has 0 aliphatic carbocycles. The van der Waals surface area contributed by atoms with Crippen LogP contribution in [-0.4, -0.2) is 41.1 Å². The van der Waals surface area contributed by atoms with Crippen LogP contribution < -0.4 is 0 Å². The van der Waals surface area contributed by atoms with Crippen LogP contribution in [0.4, 0.5) is 13.2 Å². The summed E-state index contributed by atoms with van der Waals surface area (Å²) in [6.07, 6.45) is -5.90. The van der Waals surface area contributed by atoms with E-state index in [1.165, 1.54) is 12.1 Å². The molecule has 0 fully saturated rings. The molecule has 53 heavy (non-hydrogen) atoms. The summed E-state index contributed by atoms with van der Waals surface area (Å²) in [6, 6.07) is 21.5. The summed E-state index contributed by atoms with van der Waals surface area (Å²) in [5.41, 5.74) is 0.907. The Morgan fingerprint density at radius 2 is 1.25 bits per heavy atom. The minimum Gasteiger partial charge on any atom is -0.458 e. The number of aliphatic hydroxyl groups excluding tert-OH is 1. The van der Waals surface area contributed by atoms with Crippen molar-refractivity contribution in [2.75, 3.05) is 0 Å². The van der Waals surface area contributed by atoms with Gasteiger partial charge in [-0.15, -0.1) is 0 Å². The third kappa shape index (κ3) is 12.3. The van der Waals surface area contributed by atoms with Crippen molar-refractivity contribution in [1.82, 2.24) is 0 Å². The number of hydrogen-bond acceptors (Lipinski definition) is 7. The van der Waals surface area contributed by atoms with Gasteiger partial charge in [0.1, 0.15) is 17.6 Å². The highest BCUT2D eigenvalue weighted by molar-refractivity contribution is 5.90. The lowest BCUT2D eigenvalue weighted by atomic mass is 9.82. The van der Waals surface area contributed by atoms with E-state index in [0.29, 0.717) is 28.0 Å². The van der Waals surface area contributed by atoms with Crippen LogP contribution in [0, 0.1) is 23.7 Å². The van der Waals surface area contributed by atoms with Gasteiger partial charge in [-0.2, -0.15) is 13.2 Å². The third-order valence-corrected chi connectivity index (χ3v) is 9.50. The normalized spacial score (nSPS) is 16.1. The molecule has 0 aliphatic heterocycles. The topological polar surface area (TPSA) is 99.1 Å². The third-order valence-electron chi connectivity index (χ3n) is 9.50. The Hall–Kier alpha value is -4.54. The Morgan fingerprint density at radius 1 is 0.736 bits per heavy atom. The van der Waals surface area contributed by atoms with Crippen LogP contribution in [0.15, 0.2) is 109 Å². The summed E-state index contributed by atoms with van der Waals surface area (Å²) < 4.78 is 58.2. The SMILES string of the molecule is C=C(C[C@H](OC(=O)c1ccccc1)[C@H](C)C(=O)[C@@H](C)[C@H](O)C(C)C)C[C@@H](O[C@H](C)c1ccc(C(F)(F)F)cc1)[C@@H](C)/C(=C/C)OC(=O)c1ccccc1. The lowest BCUT2D eigenvalue weighted by Gasteiger charge is -2.32. The van der Waals surface area contributed by atoms with E-state index < -0.39 is 65.8 Å². The average molecular weight is 737 g/mol. The second-order valence-electron chi connectivity index (χ2n) is 13.9. The molecule has 0 bridgehead atoms. The molecule has 0 amide bonds. The van der Waals surface area contributed by atoms with E-state index in [1.54, 1.807) is 101 Å². The number of halogens is 3. The lowest BCUT2D eigenvalue weighted by Crippen LogP contribution is -2.39. The van der Waals surface area contributed by atoms with Gasteiger partial charge in [0.15, 0.2) is 0 Å². The van der Waals surface area contributed by atoms with Gasteiger partial charge in [0.2, 0.25) is 0 Å². The fourth-order valence-corrected chi connectivity index (χ4v) is 6.06. The van der Waals surface area contributed by atoms with Gasteiger partial charge in [-0.05, 0) is 74.2 Å². The molecule has 7 nitrogen and oxygen atoms in total. The molecule has 286 valence electrons. The van der Waals surface area contributed by atoms with Crippen LogP contribution in [0.1, 0.15) is 99.3 Å². The van der Waals surface area contributed by atoms with Crippen LogP contribution in [-0.2, 0) is 25.2 Å². The molecular weight excluding hydrogens is 685 g/mol. The number of allylic oxidation sites excluding steroid dienone is 1. The van der Waals surface area contributed by atoms with Crippen molar-refractivity contribution in [2.45, 2.75) is 91.9 Å². The van der Waals surface area contributed by atoms with Gasteiger partial charge < -0.3 is 19.3 Å². The number of hydrogen-bond donors (Lipinski definition) is 1. The van der Waals surface area contributed by atoms with Crippen LogP contribution in [0.2, 0.25) is 0 Å². The predicted octanol–water partition coefficient (Wildman–Crippen LogP) is 9.97. The van der Waals surface area contributed by atoms with Gasteiger partial charge in [-0.25, -0.2) is 9.59 Å². The Morgan fingerprint density at radius 3 is 1.74 bits per heavy atom. The molecule has 3 rings (SSSR count). The maximum absolute atomic E-state index is 13.7. The number of ether oxygens (including phenoxy) is 3. The molecule has 0 saturated heterocycles. The van der Waals surface area contributed by atoms with Gasteiger partial charge >= 0.3 is 18.1 Å². The zero-order valence-corrected chi connectivity index (χ0v) is 31.4. The van der Waals surface area contributed by atoms with Crippen molar-refractivity contribution >= 4 is 17.7 Å². The Bertz CT molecular complexity index is 1680. The summed E-state index contributed by atoms with van der Waals surface area (Å²) in [7, 11) is 0. The van der Waals surface area contributed by atoms with Gasteiger partial charge in [0.05, 0.1) is 40.9 Å². The van der Waals surface area contributed by atoms with E-state index in [9.17, 15) is 32.7 Å². The van der Waals surface area contributed by atoms with Crippen molar-refractivity contribution in [2.24, 2.45) is 23.7 Å². The molecule has 0 aliphatic rings. The number of alkyl halides is 3. The molecule has 0 saturated carbocycles. The highest BCUT2D eigenvalue weighted by atomic mass is 19.4. The molecule has 3 aromatic carbocycles. The second kappa shape index (κ2) is 19.5. The molecule has 0 heterocycles. The number of carbonyl (C=O) groups excluding carboxylic acids is 3. The molecule has 0 aromatic heterocycles. The number of aliphatic hydroxyl groups is 1. The predicted molar refractivity (Wildman–Crippen MR) is 198 cm³/mol. The minimum absolute atomic E-state index is 0.0617. The van der Waals surface area contributed by atoms with Crippen molar-refractivity contribution in [1.29, 1.82) is 0 Å². The molecule has 0 spiro atoms. The standard InChI is InChI=1S/C43H51F3O7/c1-9-36(52-41(49)33-16-12-10-13-17-33)28(5)37(51-31(8)32-20-22-35(23-21-32)43(44,45)46)24-27(4)25-38(53-42(50)34-18-14-11-15-19-34)29(6)40(48)30(7)39(47)26(2)3/h9-23,26,28-31,37-39,47H,4,24-25H2,1-3,5-8H3/b36-9-/t28-,29-,30-,31+,37+,38-,39+/m0/s1. The monoisotopic (exact) mass is 736 g/mol. The van der Waals surface area contributed by atoms with Crippen molar-refractivity contribution in [3.8, 4) is 0 Å². The number of esters is 2. The van der Waals surface area contributed by atoms with E-state index in [-0.39, 0.29) is 24.5 Å². The maximum Gasteiger partial charge on any atom is 0.416 e. The number of ketones is 1. The van der Waals surface area contributed by atoms with Crippen LogP contribution in [0.3, 0.4) is 0 Å². The van der Waals surface area contributed by atoms with E-state index >= 15 is 0 Å². The van der Waals surface area contributed by atoms with E-state index in [4.69, 9.17) is 14.2 Å². The quantitative estimate of drug-likeness (QED) is 0.0789. The van der Waals surface area contributed by atoms with Crippen molar-refractivity contribution in [3.05, 3.63) is 131 Å². The lowest BCUT2D eigenvalue weighted by molar-refractivity contribution is -0.137. The van der Waals surface area contributed by atoms with Crippen LogP contribution in [0.5, 0.6) is 0 Å². The first-order valence-electron chi connectivity index (χ1n) is 17.8. The molecule has 3 aromatic rings. The number of benzene rings is 3. The molecule has 1 N–H and O–H groups in total. The minimum atomic E-state index is -4.50.